The fourth-order valence-electron chi connectivity index (χ4n) is 3.48. The molecule has 1 saturated heterocycles. The number of nitrogens with zero attached hydrogens (tertiary/aromatic N) is 4. The molecule has 1 aromatic carbocycles. The maximum Gasteiger partial charge on any atom is 0.257 e. The quantitative estimate of drug-likeness (QED) is 0.670. The lowest BCUT2D eigenvalue weighted by atomic mass is 10.1. The Balaban J connectivity index is 1.49. The number of likely N-dealkylation sites (tertiary alicyclic amines) is 1. The number of halogens is 1. The number of pyridine rings is 1. The molecule has 28 heavy (non-hydrogen) atoms. The van der Waals surface area contributed by atoms with Crippen LogP contribution < -0.4 is 4.74 Å². The maximum absolute atomic E-state index is 13.1. The van der Waals surface area contributed by atoms with Crippen LogP contribution in [-0.4, -0.2) is 44.8 Å². The molecule has 0 radical (unpaired) electrons. The first-order valence-corrected chi connectivity index (χ1v) is 9.67. The summed E-state index contributed by atoms with van der Waals surface area (Å²) in [6, 6.07) is 11.5. The molecule has 0 N–H and O–H groups in total. The van der Waals surface area contributed by atoms with Crippen molar-refractivity contribution < 1.29 is 9.53 Å². The summed E-state index contributed by atoms with van der Waals surface area (Å²) in [4.78, 5) is 18.9. The highest BCUT2D eigenvalue weighted by Crippen LogP contribution is 2.26. The molecule has 2 aromatic heterocycles. The van der Waals surface area contributed by atoms with E-state index in [1.54, 1.807) is 29.3 Å². The Hall–Kier alpha value is -2.86. The van der Waals surface area contributed by atoms with Crippen molar-refractivity contribution in [2.24, 2.45) is 0 Å². The summed E-state index contributed by atoms with van der Waals surface area (Å²) >= 11 is 6.14. The van der Waals surface area contributed by atoms with Crippen molar-refractivity contribution >= 4 is 17.5 Å². The average molecular weight is 397 g/mol. The lowest BCUT2D eigenvalue weighted by Crippen LogP contribution is -2.44. The molecule has 6 nitrogen and oxygen atoms in total. The molecule has 1 aliphatic rings. The summed E-state index contributed by atoms with van der Waals surface area (Å²) in [7, 11) is 0. The molecule has 1 fully saturated rings. The van der Waals surface area contributed by atoms with Gasteiger partial charge in [-0.2, -0.15) is 5.10 Å². The number of piperidine rings is 1. The van der Waals surface area contributed by atoms with E-state index in [0.29, 0.717) is 29.4 Å². The smallest absolute Gasteiger partial charge is 0.257 e. The molecule has 3 aromatic rings. The highest BCUT2D eigenvalue weighted by Gasteiger charge is 2.28. The Morgan fingerprint density at radius 2 is 2.04 bits per heavy atom. The number of rotatable bonds is 4. The van der Waals surface area contributed by atoms with Crippen molar-refractivity contribution in [3.05, 3.63) is 71.3 Å². The van der Waals surface area contributed by atoms with E-state index in [1.165, 1.54) is 0 Å². The van der Waals surface area contributed by atoms with Crippen LogP contribution in [0.3, 0.4) is 0 Å². The molecule has 1 atom stereocenters. The molecule has 0 saturated carbocycles. The molecular formula is C21H21ClN4O2. The van der Waals surface area contributed by atoms with E-state index in [-0.39, 0.29) is 12.0 Å². The molecule has 1 amide bonds. The molecule has 0 spiro atoms. The highest BCUT2D eigenvalue weighted by molar-refractivity contribution is 6.31. The lowest BCUT2D eigenvalue weighted by Gasteiger charge is -2.33. The number of benzene rings is 1. The summed E-state index contributed by atoms with van der Waals surface area (Å²) < 4.78 is 7.81. The molecule has 7 heteroatoms. The summed E-state index contributed by atoms with van der Waals surface area (Å²) in [6.45, 7) is 3.15. The van der Waals surface area contributed by atoms with Crippen LogP contribution in [0.25, 0.3) is 5.69 Å². The van der Waals surface area contributed by atoms with Gasteiger partial charge in [0.1, 0.15) is 16.9 Å². The third-order valence-corrected chi connectivity index (χ3v) is 5.22. The second-order valence-corrected chi connectivity index (χ2v) is 7.24. The van der Waals surface area contributed by atoms with E-state index in [4.69, 9.17) is 16.3 Å². The van der Waals surface area contributed by atoms with Crippen molar-refractivity contribution in [1.29, 1.82) is 0 Å². The number of ether oxygens (including phenoxy) is 1. The zero-order valence-electron chi connectivity index (χ0n) is 15.6. The van der Waals surface area contributed by atoms with Crippen molar-refractivity contribution in [1.82, 2.24) is 19.7 Å². The highest BCUT2D eigenvalue weighted by atomic mass is 35.5. The Morgan fingerprint density at radius 3 is 2.82 bits per heavy atom. The van der Waals surface area contributed by atoms with E-state index in [2.05, 4.69) is 10.1 Å². The number of amides is 1. The topological polar surface area (TPSA) is 60.3 Å². The van der Waals surface area contributed by atoms with E-state index >= 15 is 0 Å². The molecule has 1 aliphatic heterocycles. The van der Waals surface area contributed by atoms with Gasteiger partial charge in [0.25, 0.3) is 5.91 Å². The largest absolute Gasteiger partial charge is 0.487 e. The third kappa shape index (κ3) is 3.73. The number of carbonyl (C=O) groups is 1. The van der Waals surface area contributed by atoms with E-state index in [1.807, 2.05) is 42.2 Å². The van der Waals surface area contributed by atoms with Crippen molar-refractivity contribution in [3.63, 3.8) is 0 Å². The monoisotopic (exact) mass is 396 g/mol. The third-order valence-electron chi connectivity index (χ3n) is 4.94. The first-order chi connectivity index (χ1) is 13.6. The van der Waals surface area contributed by atoms with Gasteiger partial charge in [-0.05, 0) is 31.9 Å². The van der Waals surface area contributed by atoms with Gasteiger partial charge in [-0.15, -0.1) is 0 Å². The predicted octanol–water partition coefficient (Wildman–Crippen LogP) is 3.91. The maximum atomic E-state index is 13.1. The Bertz CT molecular complexity index is 974. The molecule has 144 valence electrons. The van der Waals surface area contributed by atoms with Crippen molar-refractivity contribution in [2.45, 2.75) is 25.9 Å². The molecule has 3 heterocycles. The zero-order valence-corrected chi connectivity index (χ0v) is 16.3. The van der Waals surface area contributed by atoms with E-state index < -0.39 is 0 Å². The molecular weight excluding hydrogens is 376 g/mol. The van der Waals surface area contributed by atoms with Gasteiger partial charge in [0.2, 0.25) is 0 Å². The van der Waals surface area contributed by atoms with Gasteiger partial charge < -0.3 is 9.64 Å². The van der Waals surface area contributed by atoms with Crippen LogP contribution in [-0.2, 0) is 0 Å². The number of hydrogen-bond acceptors (Lipinski definition) is 4. The summed E-state index contributed by atoms with van der Waals surface area (Å²) in [6.07, 6.45) is 6.52. The Morgan fingerprint density at radius 1 is 1.21 bits per heavy atom. The van der Waals surface area contributed by atoms with Crippen LogP contribution in [0.4, 0.5) is 0 Å². The fraction of sp³-hybridized carbons (Fsp3) is 0.286. The molecule has 0 bridgehead atoms. The summed E-state index contributed by atoms with van der Waals surface area (Å²) in [5.74, 6) is 0.581. The van der Waals surface area contributed by atoms with Crippen LogP contribution in [0.15, 0.2) is 55.0 Å². The SMILES string of the molecule is Cc1c(C(=O)N2CCCC(Oc3ccncc3Cl)C2)cnn1-c1ccccc1. The van der Waals surface area contributed by atoms with Crippen molar-refractivity contribution in [2.75, 3.05) is 13.1 Å². The Labute approximate surface area is 168 Å². The van der Waals surface area contributed by atoms with Crippen LogP contribution in [0.2, 0.25) is 5.02 Å². The normalized spacial score (nSPS) is 16.8. The van der Waals surface area contributed by atoms with Gasteiger partial charge in [0.15, 0.2) is 0 Å². The Kier molecular flexibility index (Phi) is 5.30. The summed E-state index contributed by atoms with van der Waals surface area (Å²) in [5.41, 5.74) is 2.38. The van der Waals surface area contributed by atoms with E-state index in [0.717, 1.165) is 24.2 Å². The van der Waals surface area contributed by atoms with Crippen LogP contribution in [0.1, 0.15) is 28.9 Å². The average Bonchev–Trinajstić information content (AvgIpc) is 3.11. The van der Waals surface area contributed by atoms with Gasteiger partial charge >= 0.3 is 0 Å². The first kappa shape index (κ1) is 18.5. The minimum Gasteiger partial charge on any atom is -0.487 e. The first-order valence-electron chi connectivity index (χ1n) is 9.29. The molecule has 4 rings (SSSR count). The second kappa shape index (κ2) is 8.02. The van der Waals surface area contributed by atoms with Crippen LogP contribution in [0.5, 0.6) is 5.75 Å². The zero-order chi connectivity index (χ0) is 19.5. The number of para-hydroxylation sites is 1. The van der Waals surface area contributed by atoms with Gasteiger partial charge in [-0.1, -0.05) is 29.8 Å². The van der Waals surface area contributed by atoms with Gasteiger partial charge in [0.05, 0.1) is 29.7 Å². The molecule has 1 unspecified atom stereocenters. The van der Waals surface area contributed by atoms with Crippen LogP contribution in [0, 0.1) is 6.92 Å². The standard InChI is InChI=1S/C21H21ClN4O2/c1-15-18(12-24-26(15)16-6-3-2-4-7-16)21(27)25-11-5-8-17(14-25)28-20-9-10-23-13-19(20)22/h2-4,6-7,9-10,12-13,17H,5,8,11,14H2,1H3. The number of hydrogen-bond donors (Lipinski definition) is 0. The predicted molar refractivity (Wildman–Crippen MR) is 107 cm³/mol. The number of carbonyl (C=O) groups excluding carboxylic acids is 1. The second-order valence-electron chi connectivity index (χ2n) is 6.83. The van der Waals surface area contributed by atoms with Crippen molar-refractivity contribution in [3.8, 4) is 11.4 Å². The fourth-order valence-corrected chi connectivity index (χ4v) is 3.64. The van der Waals surface area contributed by atoms with Gasteiger partial charge in [0, 0.05) is 25.0 Å². The van der Waals surface area contributed by atoms with Gasteiger partial charge in [-0.25, -0.2) is 4.68 Å². The van der Waals surface area contributed by atoms with Gasteiger partial charge in [-0.3, -0.25) is 9.78 Å². The minimum absolute atomic E-state index is 0.0196. The summed E-state index contributed by atoms with van der Waals surface area (Å²) in [5, 5.41) is 4.89. The minimum atomic E-state index is -0.0953. The number of aromatic nitrogens is 3. The molecule has 0 aliphatic carbocycles. The van der Waals surface area contributed by atoms with E-state index in [9.17, 15) is 4.79 Å². The van der Waals surface area contributed by atoms with Crippen LogP contribution >= 0.6 is 11.6 Å². The lowest BCUT2D eigenvalue weighted by molar-refractivity contribution is 0.0537.